The number of carbonyl (C=O) groups is 1. The van der Waals surface area contributed by atoms with Crippen LogP contribution in [0, 0.1) is 0 Å². The third-order valence-electron chi connectivity index (χ3n) is 5.20. The van der Waals surface area contributed by atoms with Gasteiger partial charge in [0.1, 0.15) is 11.5 Å². The molecular formula is C24H24N2O5S. The van der Waals surface area contributed by atoms with Crippen LogP contribution in [0.5, 0.6) is 11.5 Å². The van der Waals surface area contributed by atoms with Gasteiger partial charge in [-0.25, -0.2) is 8.42 Å². The molecule has 8 heteroatoms. The molecule has 0 atom stereocenters. The number of fused-ring (bicyclic) bond motifs is 1. The molecule has 3 aromatic rings. The molecule has 1 N–H and O–H groups in total. The Kier molecular flexibility index (Phi) is 6.32. The maximum atomic E-state index is 13.2. The summed E-state index contributed by atoms with van der Waals surface area (Å²) in [5.41, 5.74) is 2.36. The van der Waals surface area contributed by atoms with E-state index in [0.717, 1.165) is 24.1 Å². The van der Waals surface area contributed by atoms with Gasteiger partial charge in [0.25, 0.3) is 15.9 Å². The molecule has 0 unspecified atom stereocenters. The molecule has 32 heavy (non-hydrogen) atoms. The van der Waals surface area contributed by atoms with Gasteiger partial charge in [-0.2, -0.15) is 0 Å². The van der Waals surface area contributed by atoms with Crippen molar-refractivity contribution in [1.82, 2.24) is 0 Å². The molecule has 0 saturated heterocycles. The number of anilines is 2. The van der Waals surface area contributed by atoms with Crippen LogP contribution in [0.1, 0.15) is 12.0 Å². The lowest BCUT2D eigenvalue weighted by atomic mass is 10.0. The highest BCUT2D eigenvalue weighted by atomic mass is 32.2. The minimum absolute atomic E-state index is 0.183. The monoisotopic (exact) mass is 452 g/mol. The molecule has 3 aromatic carbocycles. The second-order valence-corrected chi connectivity index (χ2v) is 9.21. The number of methoxy groups -OCH3 is 1. The molecule has 0 saturated carbocycles. The van der Waals surface area contributed by atoms with Crippen LogP contribution in [0.25, 0.3) is 0 Å². The maximum Gasteiger partial charge on any atom is 0.264 e. The quantitative estimate of drug-likeness (QED) is 0.589. The van der Waals surface area contributed by atoms with Crippen LogP contribution in [0.4, 0.5) is 11.4 Å². The third-order valence-corrected chi connectivity index (χ3v) is 7.03. The first-order valence-corrected chi connectivity index (χ1v) is 11.7. The van der Waals surface area contributed by atoms with Gasteiger partial charge in [-0.1, -0.05) is 24.3 Å². The normalized spacial score (nSPS) is 13.2. The minimum atomic E-state index is -3.68. The number of hydrogen-bond donors (Lipinski definition) is 1. The number of carbonyl (C=O) groups excluding carboxylic acids is 1. The summed E-state index contributed by atoms with van der Waals surface area (Å²) in [7, 11) is -2.13. The Labute approximate surface area is 187 Å². The van der Waals surface area contributed by atoms with Gasteiger partial charge < -0.3 is 14.8 Å². The molecule has 0 fully saturated rings. The number of rotatable bonds is 7. The van der Waals surface area contributed by atoms with Gasteiger partial charge in [-0.05, 0) is 60.9 Å². The van der Waals surface area contributed by atoms with Crippen molar-refractivity contribution in [2.24, 2.45) is 0 Å². The van der Waals surface area contributed by atoms with Gasteiger partial charge in [-0.3, -0.25) is 9.10 Å². The van der Waals surface area contributed by atoms with E-state index >= 15 is 0 Å². The summed E-state index contributed by atoms with van der Waals surface area (Å²) in [6.45, 7) is 0.241. The van der Waals surface area contributed by atoms with Gasteiger partial charge in [-0.15, -0.1) is 0 Å². The molecule has 0 spiro atoms. The number of nitrogens with one attached hydrogen (secondary N) is 1. The first-order valence-electron chi connectivity index (χ1n) is 10.2. The number of aryl methyl sites for hydroxylation is 1. The fourth-order valence-electron chi connectivity index (χ4n) is 3.63. The van der Waals surface area contributed by atoms with Crippen molar-refractivity contribution in [3.8, 4) is 11.5 Å². The number of benzene rings is 3. The highest BCUT2D eigenvalue weighted by Gasteiger charge is 2.28. The van der Waals surface area contributed by atoms with E-state index in [1.807, 2.05) is 24.3 Å². The first kappa shape index (κ1) is 21.7. The summed E-state index contributed by atoms with van der Waals surface area (Å²) >= 11 is 0. The molecule has 0 bridgehead atoms. The summed E-state index contributed by atoms with van der Waals surface area (Å²) < 4.78 is 38.5. The van der Waals surface area contributed by atoms with E-state index in [0.29, 0.717) is 23.7 Å². The average Bonchev–Trinajstić information content (AvgIpc) is 2.82. The highest BCUT2D eigenvalue weighted by molar-refractivity contribution is 7.92. The van der Waals surface area contributed by atoms with Crippen molar-refractivity contribution in [3.63, 3.8) is 0 Å². The molecule has 166 valence electrons. The van der Waals surface area contributed by atoms with E-state index in [4.69, 9.17) is 9.47 Å². The molecule has 1 aliphatic heterocycles. The van der Waals surface area contributed by atoms with Gasteiger partial charge >= 0.3 is 0 Å². The zero-order chi connectivity index (χ0) is 22.6. The number of ether oxygens (including phenoxy) is 2. The summed E-state index contributed by atoms with van der Waals surface area (Å²) in [5.74, 6) is 0.709. The Balaban J connectivity index is 1.40. The van der Waals surface area contributed by atoms with Crippen molar-refractivity contribution in [2.75, 3.05) is 29.9 Å². The van der Waals surface area contributed by atoms with Crippen LogP contribution in [-0.4, -0.2) is 34.6 Å². The smallest absolute Gasteiger partial charge is 0.264 e. The van der Waals surface area contributed by atoms with Crippen molar-refractivity contribution in [2.45, 2.75) is 17.7 Å². The van der Waals surface area contributed by atoms with Crippen LogP contribution in [-0.2, 0) is 21.2 Å². The Bertz CT molecular complexity index is 1210. The zero-order valence-corrected chi connectivity index (χ0v) is 18.5. The summed E-state index contributed by atoms with van der Waals surface area (Å²) in [5, 5.41) is 2.73. The van der Waals surface area contributed by atoms with Gasteiger partial charge in [0.15, 0.2) is 6.61 Å². The van der Waals surface area contributed by atoms with E-state index in [-0.39, 0.29) is 17.4 Å². The van der Waals surface area contributed by atoms with Crippen LogP contribution in [0.3, 0.4) is 0 Å². The second-order valence-electron chi connectivity index (χ2n) is 7.35. The zero-order valence-electron chi connectivity index (χ0n) is 17.7. The van der Waals surface area contributed by atoms with Gasteiger partial charge in [0.2, 0.25) is 0 Å². The van der Waals surface area contributed by atoms with Gasteiger partial charge in [0.05, 0.1) is 17.7 Å². The summed E-state index contributed by atoms with van der Waals surface area (Å²) in [6.07, 6.45) is 1.65. The number of amides is 1. The predicted octanol–water partition coefficient (Wildman–Crippen LogP) is 3.85. The summed E-state index contributed by atoms with van der Waals surface area (Å²) in [6, 6.07) is 20.7. The molecule has 1 amide bonds. The van der Waals surface area contributed by atoms with E-state index in [9.17, 15) is 13.2 Å². The van der Waals surface area contributed by atoms with E-state index in [2.05, 4.69) is 5.32 Å². The topological polar surface area (TPSA) is 84.9 Å². The Morgan fingerprint density at radius 1 is 1.00 bits per heavy atom. The lowest BCUT2D eigenvalue weighted by molar-refractivity contribution is -0.118. The average molecular weight is 453 g/mol. The Hall–Kier alpha value is -3.52. The van der Waals surface area contributed by atoms with Crippen LogP contribution >= 0.6 is 0 Å². The molecule has 4 rings (SSSR count). The molecule has 0 radical (unpaired) electrons. The fourth-order valence-corrected chi connectivity index (χ4v) is 5.17. The number of hydrogen-bond acceptors (Lipinski definition) is 5. The highest BCUT2D eigenvalue weighted by Crippen LogP contribution is 2.32. The Morgan fingerprint density at radius 3 is 2.56 bits per heavy atom. The number of nitrogens with zero attached hydrogens (tertiary/aromatic N) is 1. The second kappa shape index (κ2) is 9.32. The fraction of sp³-hybridized carbons (Fsp3) is 0.208. The summed E-state index contributed by atoms with van der Waals surface area (Å²) in [4.78, 5) is 12.3. The first-order chi connectivity index (χ1) is 15.5. The lowest BCUT2D eigenvalue weighted by Crippen LogP contribution is -2.35. The van der Waals surface area contributed by atoms with Crippen molar-refractivity contribution in [1.29, 1.82) is 0 Å². The molecule has 0 aromatic heterocycles. The van der Waals surface area contributed by atoms with E-state index in [1.165, 1.54) is 16.4 Å². The molecule has 1 aliphatic rings. The van der Waals surface area contributed by atoms with E-state index < -0.39 is 10.0 Å². The molecule has 7 nitrogen and oxygen atoms in total. The number of para-hydroxylation sites is 1. The maximum absolute atomic E-state index is 13.2. The largest absolute Gasteiger partial charge is 0.497 e. The molecular weight excluding hydrogens is 428 g/mol. The molecule has 0 aliphatic carbocycles. The van der Waals surface area contributed by atoms with Gasteiger partial charge in [0, 0.05) is 18.3 Å². The predicted molar refractivity (Wildman–Crippen MR) is 123 cm³/mol. The van der Waals surface area contributed by atoms with E-state index in [1.54, 1.807) is 43.5 Å². The van der Waals surface area contributed by atoms with Crippen molar-refractivity contribution < 1.29 is 22.7 Å². The number of sulfonamides is 1. The SMILES string of the molecule is COc1cccc(NC(=O)COc2ccc(S(=O)(=O)N3CCCc4ccccc43)cc2)c1. The lowest BCUT2D eigenvalue weighted by Gasteiger charge is -2.30. The standard InChI is InChI=1S/C24H24N2O5S/c1-30-21-9-4-8-19(16-21)25-24(27)17-31-20-11-13-22(14-12-20)32(28,29)26-15-5-7-18-6-2-3-10-23(18)26/h2-4,6,8-14,16H,5,7,15,17H2,1H3,(H,25,27). The van der Waals surface area contributed by atoms with Crippen molar-refractivity contribution in [3.05, 3.63) is 78.4 Å². The van der Waals surface area contributed by atoms with Crippen LogP contribution in [0.15, 0.2) is 77.7 Å². The van der Waals surface area contributed by atoms with Crippen molar-refractivity contribution >= 4 is 27.3 Å². The minimum Gasteiger partial charge on any atom is -0.497 e. The van der Waals surface area contributed by atoms with Crippen LogP contribution in [0.2, 0.25) is 0 Å². The Morgan fingerprint density at radius 2 is 1.78 bits per heavy atom. The molecule has 1 heterocycles. The third kappa shape index (κ3) is 4.70. The van der Waals surface area contributed by atoms with Crippen LogP contribution < -0.4 is 19.1 Å².